The third-order valence-electron chi connectivity index (χ3n) is 2.28. The maximum Gasteiger partial charge on any atom is 0.270 e. The van der Waals surface area contributed by atoms with E-state index in [1.165, 1.54) is 18.2 Å². The smallest absolute Gasteiger partial charge is 0.270 e. The summed E-state index contributed by atoms with van der Waals surface area (Å²) in [5.41, 5.74) is 0.259. The van der Waals surface area contributed by atoms with E-state index in [0.29, 0.717) is 18.0 Å². The van der Waals surface area contributed by atoms with E-state index in [4.69, 9.17) is 11.3 Å². The molecule has 0 aromatic heterocycles. The van der Waals surface area contributed by atoms with E-state index in [1.54, 1.807) is 0 Å². The van der Waals surface area contributed by atoms with Gasteiger partial charge in [-0.2, -0.15) is 0 Å². The Bertz CT molecular complexity index is 438. The van der Waals surface area contributed by atoms with Crippen molar-refractivity contribution in [1.29, 1.82) is 0 Å². The SMILES string of the molecule is [C-]#[N+]c1ccc([N+](=O)[O-])cc1OCCCCC. The quantitative estimate of drug-likeness (QED) is 0.326. The number of benzene rings is 1. The highest BCUT2D eigenvalue weighted by atomic mass is 16.6. The van der Waals surface area contributed by atoms with E-state index >= 15 is 0 Å². The molecule has 90 valence electrons. The normalized spacial score (nSPS) is 9.65. The summed E-state index contributed by atoms with van der Waals surface area (Å²) in [5.74, 6) is 0.297. The van der Waals surface area contributed by atoms with E-state index < -0.39 is 4.92 Å². The van der Waals surface area contributed by atoms with E-state index in [9.17, 15) is 10.1 Å². The van der Waals surface area contributed by atoms with Gasteiger partial charge in [0.05, 0.1) is 18.1 Å². The van der Waals surface area contributed by atoms with Crippen LogP contribution < -0.4 is 4.74 Å². The molecule has 0 radical (unpaired) electrons. The van der Waals surface area contributed by atoms with Gasteiger partial charge in [-0.3, -0.25) is 10.1 Å². The molecule has 1 rings (SSSR count). The lowest BCUT2D eigenvalue weighted by Crippen LogP contribution is -1.98. The van der Waals surface area contributed by atoms with Crippen molar-refractivity contribution in [3.8, 4) is 5.75 Å². The minimum Gasteiger partial charge on any atom is -0.504 e. The maximum atomic E-state index is 10.6. The van der Waals surface area contributed by atoms with Gasteiger partial charge in [0.25, 0.3) is 5.69 Å². The first-order chi connectivity index (χ1) is 8.19. The second-order valence-corrected chi connectivity index (χ2v) is 3.58. The lowest BCUT2D eigenvalue weighted by atomic mass is 10.2. The summed E-state index contributed by atoms with van der Waals surface area (Å²) >= 11 is 0. The summed E-state index contributed by atoms with van der Waals surface area (Å²) in [6, 6.07) is 4.03. The molecule has 0 spiro atoms. The van der Waals surface area contributed by atoms with Crippen molar-refractivity contribution in [2.24, 2.45) is 0 Å². The molecular weight excluding hydrogens is 220 g/mol. The highest BCUT2D eigenvalue weighted by Gasteiger charge is 2.11. The summed E-state index contributed by atoms with van der Waals surface area (Å²) < 4.78 is 5.40. The Morgan fingerprint density at radius 2 is 2.24 bits per heavy atom. The van der Waals surface area contributed by atoms with Crippen molar-refractivity contribution in [1.82, 2.24) is 0 Å². The number of nitro groups is 1. The third kappa shape index (κ3) is 3.76. The molecule has 5 heteroatoms. The fourth-order valence-corrected chi connectivity index (χ4v) is 1.36. The number of hydrogen-bond acceptors (Lipinski definition) is 3. The minimum absolute atomic E-state index is 0.0529. The van der Waals surface area contributed by atoms with Crippen LogP contribution in [0.1, 0.15) is 26.2 Å². The van der Waals surface area contributed by atoms with Gasteiger partial charge in [-0.15, -0.1) is 0 Å². The van der Waals surface area contributed by atoms with Gasteiger partial charge >= 0.3 is 0 Å². The van der Waals surface area contributed by atoms with Crippen LogP contribution in [0.3, 0.4) is 0 Å². The van der Waals surface area contributed by atoms with Gasteiger partial charge in [0.1, 0.15) is 5.75 Å². The van der Waals surface area contributed by atoms with Crippen LogP contribution in [0.15, 0.2) is 18.2 Å². The maximum absolute atomic E-state index is 10.6. The van der Waals surface area contributed by atoms with E-state index in [0.717, 1.165) is 19.3 Å². The Morgan fingerprint density at radius 1 is 1.47 bits per heavy atom. The Kier molecular flexibility index (Phi) is 4.95. The standard InChI is InChI=1S/C12H14N2O3/c1-3-4-5-8-17-12-9-10(14(15)16)6-7-11(12)13-2/h6-7,9H,3-5,8H2,1H3. The van der Waals surface area contributed by atoms with Gasteiger partial charge in [-0.05, 0) is 12.5 Å². The molecule has 0 amide bonds. The first-order valence-corrected chi connectivity index (χ1v) is 5.47. The molecule has 5 nitrogen and oxygen atoms in total. The monoisotopic (exact) mass is 234 g/mol. The highest BCUT2D eigenvalue weighted by Crippen LogP contribution is 2.31. The molecule has 0 saturated heterocycles. The second-order valence-electron chi connectivity index (χ2n) is 3.58. The van der Waals surface area contributed by atoms with E-state index in [2.05, 4.69) is 11.8 Å². The van der Waals surface area contributed by atoms with Gasteiger partial charge in [-0.1, -0.05) is 19.8 Å². The second kappa shape index (κ2) is 6.48. The van der Waals surface area contributed by atoms with Crippen molar-refractivity contribution in [3.05, 3.63) is 39.7 Å². The molecule has 0 saturated carbocycles. The van der Waals surface area contributed by atoms with Gasteiger partial charge < -0.3 is 4.74 Å². The highest BCUT2D eigenvalue weighted by molar-refractivity contribution is 5.61. The topological polar surface area (TPSA) is 56.7 Å². The van der Waals surface area contributed by atoms with Crippen LogP contribution in [0.5, 0.6) is 5.75 Å². The molecule has 0 aliphatic rings. The van der Waals surface area contributed by atoms with Crippen molar-refractivity contribution in [2.45, 2.75) is 26.2 Å². The average Bonchev–Trinajstić information content (AvgIpc) is 2.34. The zero-order valence-corrected chi connectivity index (χ0v) is 9.68. The first-order valence-electron chi connectivity index (χ1n) is 5.47. The zero-order chi connectivity index (χ0) is 12.7. The molecule has 0 aliphatic heterocycles. The summed E-state index contributed by atoms with van der Waals surface area (Å²) in [6.07, 6.45) is 3.01. The molecule has 0 bridgehead atoms. The Labute approximate surface area is 100.0 Å². The first kappa shape index (κ1) is 13.0. The van der Waals surface area contributed by atoms with Gasteiger partial charge in [0, 0.05) is 12.1 Å². The van der Waals surface area contributed by atoms with Gasteiger partial charge in [-0.25, -0.2) is 4.85 Å². The Morgan fingerprint density at radius 3 is 2.82 bits per heavy atom. The lowest BCUT2D eigenvalue weighted by Gasteiger charge is -2.07. The molecule has 0 unspecified atom stereocenters. The molecule has 1 aromatic rings. The lowest BCUT2D eigenvalue weighted by molar-refractivity contribution is -0.384. The molecular formula is C12H14N2O3. The van der Waals surface area contributed by atoms with Crippen LogP contribution in [-0.4, -0.2) is 11.5 Å². The molecule has 0 atom stereocenters. The number of nitrogens with zero attached hydrogens (tertiary/aromatic N) is 2. The summed E-state index contributed by atoms with van der Waals surface area (Å²) in [5, 5.41) is 10.6. The van der Waals surface area contributed by atoms with Crippen LogP contribution in [0.4, 0.5) is 11.4 Å². The van der Waals surface area contributed by atoms with Crippen molar-refractivity contribution >= 4 is 11.4 Å². The van der Waals surface area contributed by atoms with Crippen LogP contribution >= 0.6 is 0 Å². The third-order valence-corrected chi connectivity index (χ3v) is 2.28. The molecule has 0 aliphatic carbocycles. The van der Waals surface area contributed by atoms with Crippen LogP contribution in [0.25, 0.3) is 4.85 Å². The summed E-state index contributed by atoms with van der Waals surface area (Å²) in [6.45, 7) is 9.52. The molecule has 0 fully saturated rings. The van der Waals surface area contributed by atoms with Crippen LogP contribution in [0, 0.1) is 16.7 Å². The number of hydrogen-bond donors (Lipinski definition) is 0. The molecule has 0 N–H and O–H groups in total. The van der Waals surface area contributed by atoms with Crippen molar-refractivity contribution in [2.75, 3.05) is 6.61 Å². The van der Waals surface area contributed by atoms with Crippen LogP contribution in [0.2, 0.25) is 0 Å². The number of nitro benzene ring substituents is 1. The predicted octanol–water partition coefficient (Wildman–Crippen LogP) is 3.71. The number of ether oxygens (including phenoxy) is 1. The van der Waals surface area contributed by atoms with E-state index in [1.807, 2.05) is 0 Å². The average molecular weight is 234 g/mol. The molecule has 0 heterocycles. The number of non-ortho nitro benzene ring substituents is 1. The summed E-state index contributed by atoms with van der Waals surface area (Å²) in [4.78, 5) is 13.4. The Balaban J connectivity index is 2.77. The number of rotatable bonds is 6. The summed E-state index contributed by atoms with van der Waals surface area (Å²) in [7, 11) is 0. The van der Waals surface area contributed by atoms with Gasteiger partial charge in [0.15, 0.2) is 0 Å². The fourth-order valence-electron chi connectivity index (χ4n) is 1.36. The predicted molar refractivity (Wildman–Crippen MR) is 64.4 cm³/mol. The largest absolute Gasteiger partial charge is 0.504 e. The molecule has 17 heavy (non-hydrogen) atoms. The van der Waals surface area contributed by atoms with E-state index in [-0.39, 0.29) is 5.69 Å². The van der Waals surface area contributed by atoms with Crippen LogP contribution in [-0.2, 0) is 0 Å². The van der Waals surface area contributed by atoms with Crippen molar-refractivity contribution in [3.63, 3.8) is 0 Å². The van der Waals surface area contributed by atoms with Gasteiger partial charge in [0.2, 0.25) is 5.69 Å². The Hall–Kier alpha value is -2.09. The number of unbranched alkanes of at least 4 members (excludes halogenated alkanes) is 2. The zero-order valence-electron chi connectivity index (χ0n) is 9.68. The fraction of sp³-hybridized carbons (Fsp3) is 0.417. The minimum atomic E-state index is -0.493. The van der Waals surface area contributed by atoms with Crippen molar-refractivity contribution < 1.29 is 9.66 Å². The molecule has 1 aromatic carbocycles.